The van der Waals surface area contributed by atoms with E-state index in [-0.39, 0.29) is 12.4 Å². The van der Waals surface area contributed by atoms with Gasteiger partial charge in [-0.1, -0.05) is 30.3 Å². The molecule has 3 rings (SSSR count). The summed E-state index contributed by atoms with van der Waals surface area (Å²) >= 11 is 0. The van der Waals surface area contributed by atoms with E-state index < -0.39 is 0 Å². The van der Waals surface area contributed by atoms with Gasteiger partial charge in [-0.2, -0.15) is 0 Å². The Morgan fingerprint density at radius 1 is 1.05 bits per heavy atom. The van der Waals surface area contributed by atoms with Crippen molar-refractivity contribution in [2.45, 2.75) is 6.54 Å². The number of fused-ring (bicyclic) bond motifs is 1. The van der Waals surface area contributed by atoms with Crippen LogP contribution in [-0.2, 0) is 6.54 Å². The van der Waals surface area contributed by atoms with Crippen molar-refractivity contribution in [2.24, 2.45) is 0 Å². The average Bonchev–Trinajstić information content (AvgIpc) is 2.80. The Balaban J connectivity index is 0.00000133. The third kappa shape index (κ3) is 2.80. The second kappa shape index (κ2) is 5.63. The first-order valence-electron chi connectivity index (χ1n) is 5.84. The van der Waals surface area contributed by atoms with E-state index in [0.29, 0.717) is 12.3 Å². The predicted octanol–water partition coefficient (Wildman–Crippen LogP) is -0.696. The molecule has 0 atom stereocenters. The molecule has 4 nitrogen and oxygen atoms in total. The molecule has 3 aromatic rings. The van der Waals surface area contributed by atoms with Crippen LogP contribution >= 0.6 is 0 Å². The third-order valence-electron chi connectivity index (χ3n) is 2.89. The molecule has 2 aromatic carbocycles. The fraction of sp³-hybridized carbons (Fsp3) is 0.0714. The minimum atomic E-state index is 0. The highest BCUT2D eigenvalue weighted by Gasteiger charge is 2.08. The van der Waals surface area contributed by atoms with E-state index in [9.17, 15) is 5.11 Å². The van der Waals surface area contributed by atoms with E-state index in [0.717, 1.165) is 22.5 Å². The predicted molar refractivity (Wildman–Crippen MR) is 70.3 cm³/mol. The molecule has 0 amide bonds. The van der Waals surface area contributed by atoms with E-state index in [1.165, 1.54) is 0 Å². The molecule has 0 saturated heterocycles. The average molecular weight is 276 g/mol. The maximum absolute atomic E-state index is 9.67. The molecule has 0 spiro atoms. The molecular formula is C14H14ClN3O. The maximum atomic E-state index is 9.67. The zero-order valence-corrected chi connectivity index (χ0v) is 10.9. The lowest BCUT2D eigenvalue weighted by Crippen LogP contribution is -3.00. The first kappa shape index (κ1) is 13.2. The summed E-state index contributed by atoms with van der Waals surface area (Å²) < 4.78 is 0. The van der Waals surface area contributed by atoms with Crippen molar-refractivity contribution in [3.05, 3.63) is 54.1 Å². The number of rotatable bonds is 3. The largest absolute Gasteiger partial charge is 1.00 e. The Hall–Kier alpha value is -2.20. The SMILES string of the molecule is Oc1ccccc1CNc1[nH]c2ccccc2[nH+]1.[Cl-]. The van der Waals surface area contributed by atoms with Gasteiger partial charge in [0, 0.05) is 5.56 Å². The van der Waals surface area contributed by atoms with Crippen LogP contribution in [-0.4, -0.2) is 10.1 Å². The normalized spacial score (nSPS) is 10.1. The van der Waals surface area contributed by atoms with Gasteiger partial charge in [0.05, 0.1) is 6.54 Å². The molecule has 0 bridgehead atoms. The fourth-order valence-corrected chi connectivity index (χ4v) is 1.93. The van der Waals surface area contributed by atoms with Crippen molar-refractivity contribution in [1.82, 2.24) is 4.98 Å². The lowest BCUT2D eigenvalue weighted by atomic mass is 10.2. The molecule has 4 N–H and O–H groups in total. The number of aromatic hydroxyl groups is 1. The van der Waals surface area contributed by atoms with Crippen molar-refractivity contribution in [3.63, 3.8) is 0 Å². The van der Waals surface area contributed by atoms with Crippen molar-refractivity contribution in [2.75, 3.05) is 5.32 Å². The van der Waals surface area contributed by atoms with Crippen molar-refractivity contribution >= 4 is 17.0 Å². The van der Waals surface area contributed by atoms with E-state index in [2.05, 4.69) is 15.3 Å². The van der Waals surface area contributed by atoms with Crippen LogP contribution in [0.2, 0.25) is 0 Å². The molecule has 0 unspecified atom stereocenters. The van der Waals surface area contributed by atoms with Crippen LogP contribution in [0.3, 0.4) is 0 Å². The van der Waals surface area contributed by atoms with Gasteiger partial charge in [0.15, 0.2) is 0 Å². The number of para-hydroxylation sites is 3. The van der Waals surface area contributed by atoms with Crippen LogP contribution in [0.4, 0.5) is 5.95 Å². The Kier molecular flexibility index (Phi) is 3.92. The monoisotopic (exact) mass is 275 g/mol. The Morgan fingerprint density at radius 3 is 2.58 bits per heavy atom. The smallest absolute Gasteiger partial charge is 0.353 e. The van der Waals surface area contributed by atoms with E-state index >= 15 is 0 Å². The second-order valence-corrected chi connectivity index (χ2v) is 4.15. The van der Waals surface area contributed by atoms with Gasteiger partial charge in [-0.15, -0.1) is 0 Å². The van der Waals surface area contributed by atoms with Gasteiger partial charge in [-0.05, 0) is 18.2 Å². The molecule has 1 aromatic heterocycles. The van der Waals surface area contributed by atoms with Crippen LogP contribution in [0.15, 0.2) is 48.5 Å². The first-order valence-corrected chi connectivity index (χ1v) is 5.84. The summed E-state index contributed by atoms with van der Waals surface area (Å²) in [6, 6.07) is 15.3. The highest BCUT2D eigenvalue weighted by molar-refractivity contribution is 5.72. The number of nitrogens with one attached hydrogen (secondary N) is 3. The van der Waals surface area contributed by atoms with Crippen LogP contribution in [0.25, 0.3) is 11.0 Å². The summed E-state index contributed by atoms with van der Waals surface area (Å²) in [5, 5.41) is 12.9. The van der Waals surface area contributed by atoms with Crippen molar-refractivity contribution < 1.29 is 22.5 Å². The number of aromatic amines is 2. The molecule has 5 heteroatoms. The lowest BCUT2D eigenvalue weighted by molar-refractivity contribution is -0.326. The Morgan fingerprint density at radius 2 is 1.79 bits per heavy atom. The van der Waals surface area contributed by atoms with Crippen molar-refractivity contribution in [3.8, 4) is 5.75 Å². The number of phenolic OH excluding ortho intramolecular Hbond substituents is 1. The minimum absolute atomic E-state index is 0. The Labute approximate surface area is 116 Å². The summed E-state index contributed by atoms with van der Waals surface area (Å²) in [4.78, 5) is 6.47. The number of anilines is 1. The second-order valence-electron chi connectivity index (χ2n) is 4.15. The topological polar surface area (TPSA) is 62.2 Å². The quantitative estimate of drug-likeness (QED) is 0.592. The van der Waals surface area contributed by atoms with Crippen LogP contribution in [0.1, 0.15) is 5.56 Å². The summed E-state index contributed by atoms with van der Waals surface area (Å²) in [5.41, 5.74) is 2.97. The van der Waals surface area contributed by atoms with Gasteiger partial charge in [-0.3, -0.25) is 5.32 Å². The fourth-order valence-electron chi connectivity index (χ4n) is 1.93. The summed E-state index contributed by atoms with van der Waals surface area (Å²) in [7, 11) is 0. The van der Waals surface area contributed by atoms with Gasteiger partial charge in [0.1, 0.15) is 16.8 Å². The van der Waals surface area contributed by atoms with Gasteiger partial charge in [0.25, 0.3) is 0 Å². The van der Waals surface area contributed by atoms with Crippen LogP contribution < -0.4 is 22.7 Å². The minimum Gasteiger partial charge on any atom is -1.00 e. The van der Waals surface area contributed by atoms with E-state index in [4.69, 9.17) is 0 Å². The summed E-state index contributed by atoms with van der Waals surface area (Å²) in [6.45, 7) is 0.565. The molecule has 98 valence electrons. The van der Waals surface area contributed by atoms with Gasteiger partial charge in [0.2, 0.25) is 0 Å². The molecular weight excluding hydrogens is 262 g/mol. The number of H-pyrrole nitrogens is 2. The molecule has 0 fully saturated rings. The summed E-state index contributed by atoms with van der Waals surface area (Å²) in [6.07, 6.45) is 0. The van der Waals surface area contributed by atoms with Crippen molar-refractivity contribution in [1.29, 1.82) is 0 Å². The zero-order chi connectivity index (χ0) is 12.4. The molecule has 0 radical (unpaired) electrons. The standard InChI is InChI=1S/C14H13N3O.ClH/c18-13-8-4-1-5-10(13)9-15-14-16-11-6-2-3-7-12(11)17-14;/h1-8,18H,9H2,(H2,15,16,17);1H. The Bertz CT molecular complexity index is 648. The maximum Gasteiger partial charge on any atom is 0.353 e. The molecule has 0 aliphatic heterocycles. The number of phenols is 1. The molecule has 0 aliphatic rings. The molecule has 0 aliphatic carbocycles. The van der Waals surface area contributed by atoms with Crippen LogP contribution in [0, 0.1) is 0 Å². The molecule has 1 heterocycles. The molecule has 0 saturated carbocycles. The number of hydrogen-bond donors (Lipinski definition) is 3. The van der Waals surface area contributed by atoms with Gasteiger partial charge >= 0.3 is 5.95 Å². The summed E-state index contributed by atoms with van der Waals surface area (Å²) in [5.74, 6) is 1.14. The number of imidazole rings is 1. The number of benzene rings is 2. The lowest BCUT2D eigenvalue weighted by Gasteiger charge is -2.01. The van der Waals surface area contributed by atoms with E-state index in [1.54, 1.807) is 6.07 Å². The third-order valence-corrected chi connectivity index (χ3v) is 2.89. The number of hydrogen-bond acceptors (Lipinski definition) is 2. The molecule has 19 heavy (non-hydrogen) atoms. The van der Waals surface area contributed by atoms with E-state index in [1.807, 2.05) is 42.5 Å². The number of aromatic nitrogens is 2. The first-order chi connectivity index (χ1) is 8.83. The van der Waals surface area contributed by atoms with Crippen LogP contribution in [0.5, 0.6) is 5.75 Å². The zero-order valence-electron chi connectivity index (χ0n) is 10.2. The van der Waals surface area contributed by atoms with Gasteiger partial charge < -0.3 is 17.5 Å². The highest BCUT2D eigenvalue weighted by Crippen LogP contribution is 2.16. The highest BCUT2D eigenvalue weighted by atomic mass is 35.5. The number of halogens is 1. The van der Waals surface area contributed by atoms with Gasteiger partial charge in [-0.25, -0.2) is 9.97 Å².